The van der Waals surface area contributed by atoms with Gasteiger partial charge in [-0.15, -0.1) is 0 Å². The predicted octanol–water partition coefficient (Wildman–Crippen LogP) is 7.09. The molecule has 0 aromatic carbocycles. The Morgan fingerprint density at radius 3 is 2.15 bits per heavy atom. The summed E-state index contributed by atoms with van der Waals surface area (Å²) in [6, 6.07) is 0. The number of aliphatic hydroxyl groups is 1. The molecule has 3 nitrogen and oxygen atoms in total. The highest BCUT2D eigenvalue weighted by atomic mass is 16.4. The predicted molar refractivity (Wildman–Crippen MR) is 133 cm³/mol. The first kappa shape index (κ1) is 23.9. The van der Waals surface area contributed by atoms with Crippen LogP contribution in [0.15, 0.2) is 12.2 Å². The summed E-state index contributed by atoms with van der Waals surface area (Å²) in [6.45, 7) is 18.8. The van der Waals surface area contributed by atoms with E-state index in [4.69, 9.17) is 0 Å². The fourth-order valence-corrected chi connectivity index (χ4v) is 11.5. The molecule has 0 spiro atoms. The molecule has 5 rings (SSSR count). The number of carboxylic acids is 1. The molecule has 0 saturated heterocycles. The zero-order valence-electron chi connectivity index (χ0n) is 22.0. The van der Waals surface area contributed by atoms with Gasteiger partial charge < -0.3 is 10.2 Å². The zero-order valence-corrected chi connectivity index (χ0v) is 22.0. The number of aliphatic hydroxyl groups excluding tert-OH is 1. The third kappa shape index (κ3) is 2.75. The van der Waals surface area contributed by atoms with Crippen molar-refractivity contribution in [1.29, 1.82) is 0 Å². The molecule has 0 heterocycles. The summed E-state index contributed by atoms with van der Waals surface area (Å²) in [5.74, 6) is 1.79. The number of carbonyl (C=O) groups is 1. The van der Waals surface area contributed by atoms with Crippen LogP contribution in [0.4, 0.5) is 0 Å². The molecule has 2 N–H and O–H groups in total. The van der Waals surface area contributed by atoms with Gasteiger partial charge in [0.2, 0.25) is 0 Å². The molecule has 10 atom stereocenters. The SMILES string of the molecule is C=C(C)C1CC[C@]2(C(=O)O)CC[C@@]3(C)[C@@H](CC[C@@H]4C3(C)CC[C@H]3C(C)(C)[C@H](O)CC[C@]43C)[C@@H]12. The van der Waals surface area contributed by atoms with Crippen LogP contribution in [-0.2, 0) is 4.79 Å². The highest BCUT2D eigenvalue weighted by Gasteiger charge is 2.71. The van der Waals surface area contributed by atoms with E-state index >= 15 is 0 Å². The number of hydrogen-bond donors (Lipinski definition) is 2. The molecule has 3 heteroatoms. The van der Waals surface area contributed by atoms with E-state index in [0.717, 1.165) is 38.5 Å². The minimum atomic E-state index is -0.538. The molecule has 0 amide bonds. The summed E-state index contributed by atoms with van der Waals surface area (Å²) in [5.41, 5.74) is 1.35. The topological polar surface area (TPSA) is 57.5 Å². The first-order chi connectivity index (χ1) is 15.3. The molecule has 2 unspecified atom stereocenters. The zero-order chi connectivity index (χ0) is 24.2. The van der Waals surface area contributed by atoms with Gasteiger partial charge in [-0.05, 0) is 122 Å². The van der Waals surface area contributed by atoms with Gasteiger partial charge in [-0.2, -0.15) is 0 Å². The molecule has 0 aliphatic heterocycles. The normalized spacial score (nSPS) is 55.0. The first-order valence-electron chi connectivity index (χ1n) is 13.8. The molecule has 5 aliphatic carbocycles. The Kier molecular flexibility index (Phi) is 5.15. The number of aliphatic carboxylic acids is 1. The van der Waals surface area contributed by atoms with Crippen molar-refractivity contribution in [1.82, 2.24) is 0 Å². The Morgan fingerprint density at radius 2 is 1.52 bits per heavy atom. The van der Waals surface area contributed by atoms with E-state index < -0.39 is 11.4 Å². The first-order valence-corrected chi connectivity index (χ1v) is 13.8. The van der Waals surface area contributed by atoms with E-state index in [1.165, 1.54) is 31.3 Å². The van der Waals surface area contributed by atoms with Gasteiger partial charge in [0.25, 0.3) is 0 Å². The number of allylic oxidation sites excluding steroid dienone is 1. The maximum atomic E-state index is 12.8. The molecule has 5 aliphatic rings. The summed E-state index contributed by atoms with van der Waals surface area (Å²) in [5, 5.41) is 21.4. The van der Waals surface area contributed by atoms with Crippen molar-refractivity contribution in [2.45, 2.75) is 112 Å². The summed E-state index contributed by atoms with van der Waals surface area (Å²) in [6.07, 6.45) is 10.5. The van der Waals surface area contributed by atoms with Crippen molar-refractivity contribution in [3.63, 3.8) is 0 Å². The molecule has 0 aromatic heterocycles. The van der Waals surface area contributed by atoms with E-state index in [1.54, 1.807) is 0 Å². The van der Waals surface area contributed by atoms with Crippen molar-refractivity contribution in [2.24, 2.45) is 56.7 Å². The van der Waals surface area contributed by atoms with E-state index in [1.807, 2.05) is 0 Å². The Labute approximate surface area is 201 Å². The lowest BCUT2D eigenvalue weighted by Gasteiger charge is -2.72. The number of rotatable bonds is 2. The lowest BCUT2D eigenvalue weighted by Crippen LogP contribution is -2.67. The van der Waals surface area contributed by atoms with Gasteiger partial charge in [0.15, 0.2) is 0 Å². The van der Waals surface area contributed by atoms with E-state index in [2.05, 4.69) is 48.1 Å². The van der Waals surface area contributed by atoms with Crippen LogP contribution in [0.1, 0.15) is 106 Å². The van der Waals surface area contributed by atoms with Crippen LogP contribution >= 0.6 is 0 Å². The van der Waals surface area contributed by atoms with Crippen molar-refractivity contribution in [3.8, 4) is 0 Å². The second-order valence-electron chi connectivity index (χ2n) is 14.5. The van der Waals surface area contributed by atoms with E-state index in [0.29, 0.717) is 23.7 Å². The quantitative estimate of drug-likeness (QED) is 0.436. The molecular formula is C30H48O3. The Bertz CT molecular complexity index is 861. The van der Waals surface area contributed by atoms with Crippen molar-refractivity contribution < 1.29 is 15.0 Å². The van der Waals surface area contributed by atoms with Crippen LogP contribution in [0.2, 0.25) is 0 Å². The van der Waals surface area contributed by atoms with Gasteiger partial charge in [-0.1, -0.05) is 46.8 Å². The Balaban J connectivity index is 1.57. The molecule has 33 heavy (non-hydrogen) atoms. The molecule has 0 radical (unpaired) electrons. The molecule has 0 aromatic rings. The van der Waals surface area contributed by atoms with Crippen molar-refractivity contribution in [2.75, 3.05) is 0 Å². The van der Waals surface area contributed by atoms with Crippen LogP contribution < -0.4 is 0 Å². The second kappa shape index (κ2) is 7.11. The van der Waals surface area contributed by atoms with Gasteiger partial charge in [-0.25, -0.2) is 0 Å². The second-order valence-corrected chi connectivity index (χ2v) is 14.5. The van der Waals surface area contributed by atoms with Crippen LogP contribution in [0.3, 0.4) is 0 Å². The van der Waals surface area contributed by atoms with Gasteiger partial charge in [0.1, 0.15) is 0 Å². The van der Waals surface area contributed by atoms with Crippen LogP contribution in [0, 0.1) is 56.7 Å². The average Bonchev–Trinajstić information content (AvgIpc) is 3.13. The molecule has 0 bridgehead atoms. The molecule has 5 saturated carbocycles. The van der Waals surface area contributed by atoms with Gasteiger partial charge in [0.05, 0.1) is 11.5 Å². The highest BCUT2D eigenvalue weighted by Crippen LogP contribution is 2.77. The minimum Gasteiger partial charge on any atom is -0.481 e. The molecule has 5 fully saturated rings. The number of hydrogen-bond acceptors (Lipinski definition) is 2. The standard InChI is InChI=1S/C30H48O3/c1-18(2)19-10-15-30(25(32)33)17-16-28(6)20(24(19)30)8-9-22-27(5)13-12-23(31)26(3,4)21(27)11-14-29(22,28)7/h19-24,31H,1,8-17H2,2-7H3,(H,32,33)/t19?,20-,21-,22-,23+,24+,27-,28-,29?,30-/m0/s1. The largest absolute Gasteiger partial charge is 0.481 e. The Hall–Kier alpha value is -0.830. The summed E-state index contributed by atoms with van der Waals surface area (Å²) in [7, 11) is 0. The average molecular weight is 457 g/mol. The van der Waals surface area contributed by atoms with Gasteiger partial charge >= 0.3 is 5.97 Å². The lowest BCUT2D eigenvalue weighted by atomic mass is 9.32. The monoisotopic (exact) mass is 456 g/mol. The van der Waals surface area contributed by atoms with Crippen LogP contribution in [0.25, 0.3) is 0 Å². The minimum absolute atomic E-state index is 0.0202. The van der Waals surface area contributed by atoms with Crippen molar-refractivity contribution >= 4 is 5.97 Å². The number of fused-ring (bicyclic) bond motifs is 7. The van der Waals surface area contributed by atoms with Crippen LogP contribution in [-0.4, -0.2) is 22.3 Å². The maximum absolute atomic E-state index is 12.8. The van der Waals surface area contributed by atoms with E-state index in [-0.39, 0.29) is 33.7 Å². The molecule has 186 valence electrons. The van der Waals surface area contributed by atoms with Crippen LogP contribution in [0.5, 0.6) is 0 Å². The summed E-state index contributed by atoms with van der Waals surface area (Å²) >= 11 is 0. The van der Waals surface area contributed by atoms with Gasteiger partial charge in [-0.3, -0.25) is 4.79 Å². The summed E-state index contributed by atoms with van der Waals surface area (Å²) < 4.78 is 0. The van der Waals surface area contributed by atoms with Gasteiger partial charge in [0, 0.05) is 0 Å². The third-order valence-corrected chi connectivity index (χ3v) is 13.5. The number of carboxylic acid groups (broad SMARTS) is 1. The van der Waals surface area contributed by atoms with Crippen molar-refractivity contribution in [3.05, 3.63) is 12.2 Å². The highest BCUT2D eigenvalue weighted by molar-refractivity contribution is 5.76. The fourth-order valence-electron chi connectivity index (χ4n) is 11.5. The molecular weight excluding hydrogens is 408 g/mol. The lowest BCUT2D eigenvalue weighted by molar-refractivity contribution is -0.248. The summed E-state index contributed by atoms with van der Waals surface area (Å²) in [4.78, 5) is 12.8. The maximum Gasteiger partial charge on any atom is 0.309 e. The smallest absolute Gasteiger partial charge is 0.309 e. The third-order valence-electron chi connectivity index (χ3n) is 13.5. The Morgan fingerprint density at radius 1 is 0.818 bits per heavy atom. The fraction of sp³-hybridized carbons (Fsp3) is 0.900. The van der Waals surface area contributed by atoms with E-state index in [9.17, 15) is 15.0 Å².